The Labute approximate surface area is 154 Å². The Morgan fingerprint density at radius 1 is 1.16 bits per heavy atom. The number of ether oxygens (including phenoxy) is 1. The van der Waals surface area contributed by atoms with Crippen molar-refractivity contribution in [1.82, 2.24) is 0 Å². The molecule has 0 unspecified atom stereocenters. The highest BCUT2D eigenvalue weighted by molar-refractivity contribution is 5.13. The van der Waals surface area contributed by atoms with Crippen molar-refractivity contribution < 1.29 is 14.3 Å². The van der Waals surface area contributed by atoms with Crippen LogP contribution >= 0.6 is 0 Å². The van der Waals surface area contributed by atoms with E-state index in [1.54, 1.807) is 0 Å². The molecule has 0 radical (unpaired) electrons. The van der Waals surface area contributed by atoms with Crippen molar-refractivity contribution in [3.05, 3.63) is 35.9 Å². The van der Waals surface area contributed by atoms with Crippen LogP contribution < -0.4 is 0 Å². The topological polar surface area (TPSA) is 29.5 Å². The molecule has 0 aromatic heterocycles. The van der Waals surface area contributed by atoms with E-state index in [1.165, 1.54) is 18.4 Å². The molecule has 1 aromatic carbocycles. The van der Waals surface area contributed by atoms with E-state index in [0.717, 1.165) is 23.4 Å². The third-order valence-electron chi connectivity index (χ3n) is 5.62. The molecule has 2 rings (SSSR count). The molecule has 0 spiro atoms. The summed E-state index contributed by atoms with van der Waals surface area (Å²) in [6, 6.07) is 10.5. The monoisotopic (exact) mass is 348 g/mol. The molecule has 1 aliphatic rings. The first-order valence-corrected chi connectivity index (χ1v) is 9.92. The van der Waals surface area contributed by atoms with Crippen LogP contribution in [0.15, 0.2) is 30.3 Å². The molecule has 3 heteroatoms. The van der Waals surface area contributed by atoms with Crippen LogP contribution in [0.1, 0.15) is 45.6 Å². The maximum Gasteiger partial charge on any atom is 0.126 e. The lowest BCUT2D eigenvalue weighted by Crippen LogP contribution is -2.46. The summed E-state index contributed by atoms with van der Waals surface area (Å²) in [7, 11) is 4.35. The normalized spacial score (nSPS) is 26.0. The van der Waals surface area contributed by atoms with Gasteiger partial charge in [-0.05, 0) is 30.6 Å². The van der Waals surface area contributed by atoms with Crippen LogP contribution in [0.2, 0.25) is 0 Å². The third kappa shape index (κ3) is 6.73. The van der Waals surface area contributed by atoms with E-state index in [2.05, 4.69) is 59.1 Å². The van der Waals surface area contributed by atoms with Gasteiger partial charge in [0.1, 0.15) is 19.2 Å². The Hall–Kier alpha value is -0.900. The molecule has 0 amide bonds. The second-order valence-electron chi connectivity index (χ2n) is 9.11. The molecule has 1 N–H and O–H groups in total. The number of aliphatic hydroxyl groups is 1. The summed E-state index contributed by atoms with van der Waals surface area (Å²) in [5, 5.41) is 10.5. The van der Waals surface area contributed by atoms with Crippen molar-refractivity contribution >= 4 is 0 Å². The summed E-state index contributed by atoms with van der Waals surface area (Å²) >= 11 is 0. The maximum absolute atomic E-state index is 10.5. The SMILES string of the molecule is CC(C)[C@@H]1CC[C@H](C)C[C@H]1OC[C@H](O)C[N+](C)(C)Cc1ccccc1. The lowest BCUT2D eigenvalue weighted by molar-refractivity contribution is -0.906. The predicted octanol–water partition coefficient (Wildman–Crippen LogP) is 4.10. The first kappa shape index (κ1) is 20.4. The van der Waals surface area contributed by atoms with E-state index in [4.69, 9.17) is 4.74 Å². The van der Waals surface area contributed by atoms with Crippen molar-refractivity contribution in [3.63, 3.8) is 0 Å². The van der Waals surface area contributed by atoms with Gasteiger partial charge in [0, 0.05) is 5.56 Å². The quantitative estimate of drug-likeness (QED) is 0.717. The second kappa shape index (κ2) is 9.16. The van der Waals surface area contributed by atoms with Crippen LogP contribution in [0, 0.1) is 17.8 Å². The minimum Gasteiger partial charge on any atom is -0.385 e. The van der Waals surface area contributed by atoms with Crippen LogP contribution in [0.3, 0.4) is 0 Å². The lowest BCUT2D eigenvalue weighted by Gasteiger charge is -2.38. The number of benzene rings is 1. The van der Waals surface area contributed by atoms with Crippen molar-refractivity contribution in [2.45, 2.75) is 58.8 Å². The second-order valence-corrected chi connectivity index (χ2v) is 9.11. The highest BCUT2D eigenvalue weighted by atomic mass is 16.5. The first-order chi connectivity index (χ1) is 11.8. The molecule has 1 aliphatic carbocycles. The average Bonchev–Trinajstić information content (AvgIpc) is 2.52. The van der Waals surface area contributed by atoms with Crippen LogP contribution in [-0.4, -0.2) is 49.0 Å². The van der Waals surface area contributed by atoms with Crippen molar-refractivity contribution in [3.8, 4) is 0 Å². The van der Waals surface area contributed by atoms with E-state index >= 15 is 0 Å². The van der Waals surface area contributed by atoms with Gasteiger partial charge in [0.05, 0.1) is 26.8 Å². The largest absolute Gasteiger partial charge is 0.385 e. The molecule has 0 saturated heterocycles. The zero-order valence-corrected chi connectivity index (χ0v) is 16.8. The number of aliphatic hydroxyl groups excluding tert-OH is 1. The Balaban J connectivity index is 1.83. The number of hydrogen-bond acceptors (Lipinski definition) is 2. The highest BCUT2D eigenvalue weighted by Gasteiger charge is 2.32. The number of quaternary nitrogens is 1. The van der Waals surface area contributed by atoms with Crippen LogP contribution in [-0.2, 0) is 11.3 Å². The summed E-state index contributed by atoms with van der Waals surface area (Å²) in [6.07, 6.45) is 3.60. The Morgan fingerprint density at radius 2 is 1.84 bits per heavy atom. The number of nitrogens with zero attached hydrogens (tertiary/aromatic N) is 1. The van der Waals surface area contributed by atoms with E-state index in [-0.39, 0.29) is 0 Å². The Morgan fingerprint density at radius 3 is 2.48 bits per heavy atom. The number of hydrogen-bond donors (Lipinski definition) is 1. The van der Waals surface area contributed by atoms with Crippen molar-refractivity contribution in [2.75, 3.05) is 27.2 Å². The summed E-state index contributed by atoms with van der Waals surface area (Å²) in [6.45, 7) is 9.01. The fourth-order valence-electron chi connectivity index (χ4n) is 4.31. The summed E-state index contributed by atoms with van der Waals surface area (Å²) in [5.74, 6) is 2.03. The fraction of sp³-hybridized carbons (Fsp3) is 0.727. The molecule has 3 nitrogen and oxygen atoms in total. The van der Waals surface area contributed by atoms with Gasteiger partial charge in [-0.25, -0.2) is 0 Å². The zero-order valence-electron chi connectivity index (χ0n) is 16.8. The van der Waals surface area contributed by atoms with Gasteiger partial charge >= 0.3 is 0 Å². The highest BCUT2D eigenvalue weighted by Crippen LogP contribution is 2.35. The Kier molecular flexibility index (Phi) is 7.48. The molecule has 0 heterocycles. The van der Waals surface area contributed by atoms with Gasteiger partial charge in [-0.1, -0.05) is 57.5 Å². The van der Waals surface area contributed by atoms with E-state index in [9.17, 15) is 5.11 Å². The van der Waals surface area contributed by atoms with Gasteiger partial charge in [-0.15, -0.1) is 0 Å². The van der Waals surface area contributed by atoms with Gasteiger partial charge in [0.2, 0.25) is 0 Å². The smallest absolute Gasteiger partial charge is 0.126 e. The summed E-state index contributed by atoms with van der Waals surface area (Å²) in [5.41, 5.74) is 1.31. The van der Waals surface area contributed by atoms with E-state index < -0.39 is 6.10 Å². The minimum absolute atomic E-state index is 0.308. The summed E-state index contributed by atoms with van der Waals surface area (Å²) in [4.78, 5) is 0. The molecule has 1 aromatic rings. The average molecular weight is 349 g/mol. The molecular formula is C22H38NO2+. The van der Waals surface area contributed by atoms with Gasteiger partial charge in [0.15, 0.2) is 0 Å². The molecule has 142 valence electrons. The molecule has 25 heavy (non-hydrogen) atoms. The van der Waals surface area contributed by atoms with Gasteiger partial charge in [-0.2, -0.15) is 0 Å². The number of rotatable bonds is 8. The number of likely N-dealkylation sites (N-methyl/N-ethyl adjacent to an activating group) is 1. The molecule has 0 aliphatic heterocycles. The fourth-order valence-corrected chi connectivity index (χ4v) is 4.31. The molecule has 1 fully saturated rings. The van der Waals surface area contributed by atoms with Crippen LogP contribution in [0.4, 0.5) is 0 Å². The molecule has 0 bridgehead atoms. The van der Waals surface area contributed by atoms with Gasteiger partial charge in [0.25, 0.3) is 0 Å². The van der Waals surface area contributed by atoms with E-state index in [1.807, 2.05) is 6.07 Å². The third-order valence-corrected chi connectivity index (χ3v) is 5.62. The van der Waals surface area contributed by atoms with Crippen LogP contribution in [0.25, 0.3) is 0 Å². The van der Waals surface area contributed by atoms with Gasteiger partial charge < -0.3 is 14.3 Å². The van der Waals surface area contributed by atoms with E-state index in [0.29, 0.717) is 31.1 Å². The molecular weight excluding hydrogens is 310 g/mol. The minimum atomic E-state index is -0.413. The molecule has 4 atom stereocenters. The van der Waals surface area contributed by atoms with Crippen LogP contribution in [0.5, 0.6) is 0 Å². The predicted molar refractivity (Wildman–Crippen MR) is 104 cm³/mol. The van der Waals surface area contributed by atoms with Crippen molar-refractivity contribution in [2.24, 2.45) is 17.8 Å². The molecule has 1 saturated carbocycles. The maximum atomic E-state index is 10.5. The summed E-state index contributed by atoms with van der Waals surface area (Å²) < 4.78 is 6.99. The Bertz CT molecular complexity index is 500. The standard InChI is InChI=1S/C22H38NO2/c1-17(2)21-12-11-18(3)13-22(21)25-16-20(24)15-23(4,5)14-19-9-7-6-8-10-19/h6-10,17-18,20-22,24H,11-16H2,1-5H3/q+1/t18-,20+,21-,22+/m0/s1. The zero-order chi connectivity index (χ0) is 18.4. The lowest BCUT2D eigenvalue weighted by atomic mass is 9.75. The first-order valence-electron chi connectivity index (χ1n) is 9.92. The van der Waals surface area contributed by atoms with Crippen molar-refractivity contribution in [1.29, 1.82) is 0 Å². The van der Waals surface area contributed by atoms with Gasteiger partial charge in [-0.3, -0.25) is 0 Å².